The van der Waals surface area contributed by atoms with Gasteiger partial charge in [0, 0.05) is 0 Å². The Kier molecular flexibility index (Phi) is 6.23. The maximum Gasteiger partial charge on any atom is 0.522 e. The summed E-state index contributed by atoms with van der Waals surface area (Å²) in [5.41, 5.74) is 0.632. The molecule has 2 unspecified atom stereocenters. The highest BCUT2D eigenvalue weighted by atomic mass is 16.5. The first-order valence-corrected chi connectivity index (χ1v) is 9.37. The van der Waals surface area contributed by atoms with E-state index in [4.69, 9.17) is 9.39 Å². The molecular weight excluding hydrogens is 351 g/mol. The lowest BCUT2D eigenvalue weighted by molar-refractivity contribution is -0.124. The summed E-state index contributed by atoms with van der Waals surface area (Å²) in [6.45, 7) is 2.86. The van der Waals surface area contributed by atoms with E-state index in [0.717, 1.165) is 31.4 Å². The highest BCUT2D eigenvalue weighted by Crippen LogP contribution is 2.36. The first kappa shape index (κ1) is 19.5. The van der Waals surface area contributed by atoms with E-state index in [1.807, 2.05) is 0 Å². The van der Waals surface area contributed by atoms with E-state index in [0.29, 0.717) is 12.7 Å². The molecule has 2 heterocycles. The summed E-state index contributed by atoms with van der Waals surface area (Å²) in [7, 11) is -1.02. The van der Waals surface area contributed by atoms with E-state index < -0.39 is 19.2 Å². The summed E-state index contributed by atoms with van der Waals surface area (Å²) in [6, 6.07) is 3.17. The van der Waals surface area contributed by atoms with Crippen molar-refractivity contribution in [3.05, 3.63) is 23.3 Å². The largest absolute Gasteiger partial charge is 0.535 e. The molecule has 9 heteroatoms. The topological polar surface area (TPSA) is 117 Å². The van der Waals surface area contributed by atoms with Crippen LogP contribution < -0.4 is 20.0 Å². The van der Waals surface area contributed by atoms with Gasteiger partial charge in [-0.05, 0) is 50.7 Å². The molecule has 1 aromatic rings. The Morgan fingerprint density at radius 1 is 1.44 bits per heavy atom. The normalized spacial score (nSPS) is 20.2. The second-order valence-corrected chi connectivity index (χ2v) is 7.02. The first-order valence-electron chi connectivity index (χ1n) is 9.37. The average Bonchev–Trinajstić information content (AvgIpc) is 2.66. The number of rotatable bonds is 6. The predicted molar refractivity (Wildman–Crippen MR) is 99.3 cm³/mol. The number of carboxylic acid groups (broad SMARTS) is 1. The molecule has 146 valence electrons. The van der Waals surface area contributed by atoms with Gasteiger partial charge in [-0.2, -0.15) is 0 Å². The van der Waals surface area contributed by atoms with Crippen LogP contribution in [0.4, 0.5) is 0 Å². The molecule has 1 saturated heterocycles. The number of fused-ring (bicyclic) bond motifs is 1. The van der Waals surface area contributed by atoms with Crippen LogP contribution in [0, 0.1) is 0 Å². The van der Waals surface area contributed by atoms with Crippen molar-refractivity contribution < 1.29 is 29.1 Å². The monoisotopic (exact) mass is 376 g/mol. The minimum absolute atomic E-state index is 0.0690. The average molecular weight is 376 g/mol. The SMILES string of the molecule is CC(CNC(=O)C1CCCCN1)Oc1ccc2c(c1C(=O)O)OB(O)CC2. The number of benzene rings is 1. The van der Waals surface area contributed by atoms with Crippen LogP contribution in [0.25, 0.3) is 0 Å². The summed E-state index contributed by atoms with van der Waals surface area (Å²) in [5, 5.41) is 25.3. The number of piperidine rings is 1. The van der Waals surface area contributed by atoms with E-state index in [-0.39, 0.29) is 35.6 Å². The van der Waals surface area contributed by atoms with Crippen LogP contribution in [0.15, 0.2) is 12.1 Å². The maximum atomic E-state index is 12.2. The van der Waals surface area contributed by atoms with E-state index in [9.17, 15) is 19.7 Å². The van der Waals surface area contributed by atoms with E-state index in [1.165, 1.54) is 0 Å². The van der Waals surface area contributed by atoms with Gasteiger partial charge in [0.2, 0.25) is 5.91 Å². The number of aryl methyl sites for hydroxylation is 1. The Labute approximate surface area is 158 Å². The third kappa shape index (κ3) is 4.73. The number of carbonyl (C=O) groups excluding carboxylic acids is 1. The molecule has 2 aliphatic heterocycles. The molecule has 0 spiro atoms. The number of carboxylic acids is 1. The molecule has 1 amide bonds. The van der Waals surface area contributed by atoms with Crippen molar-refractivity contribution in [2.75, 3.05) is 13.1 Å². The molecule has 0 saturated carbocycles. The molecule has 0 aromatic heterocycles. The summed E-state index contributed by atoms with van der Waals surface area (Å²) in [5.74, 6) is -0.937. The van der Waals surface area contributed by atoms with Crippen molar-refractivity contribution in [1.29, 1.82) is 0 Å². The molecule has 8 nitrogen and oxygen atoms in total. The van der Waals surface area contributed by atoms with Gasteiger partial charge in [0.25, 0.3) is 0 Å². The molecule has 0 aliphatic carbocycles. The Morgan fingerprint density at radius 2 is 2.26 bits per heavy atom. The Bertz CT molecular complexity index is 707. The lowest BCUT2D eigenvalue weighted by Gasteiger charge is -2.25. The number of aromatic carboxylic acids is 1. The fraction of sp³-hybridized carbons (Fsp3) is 0.556. The summed E-state index contributed by atoms with van der Waals surface area (Å²) < 4.78 is 11.1. The summed E-state index contributed by atoms with van der Waals surface area (Å²) >= 11 is 0. The van der Waals surface area contributed by atoms with E-state index in [2.05, 4.69) is 10.6 Å². The quantitative estimate of drug-likeness (QED) is 0.543. The van der Waals surface area contributed by atoms with Crippen LogP contribution in [-0.2, 0) is 11.2 Å². The molecule has 2 aliphatic rings. The van der Waals surface area contributed by atoms with E-state index >= 15 is 0 Å². The van der Waals surface area contributed by atoms with Gasteiger partial charge in [-0.3, -0.25) is 4.79 Å². The third-order valence-corrected chi connectivity index (χ3v) is 4.85. The standard InChI is InChI=1S/C18H25BN2O6/c1-11(10-21-17(22)13-4-2-3-9-20-13)26-14-6-5-12-7-8-19(25)27-16(12)15(14)18(23)24/h5-6,11,13,20,25H,2-4,7-10H2,1H3,(H,21,22)(H,23,24). The second-order valence-electron chi connectivity index (χ2n) is 7.02. The maximum absolute atomic E-state index is 12.2. The zero-order valence-corrected chi connectivity index (χ0v) is 15.4. The number of amides is 1. The van der Waals surface area contributed by atoms with Gasteiger partial charge >= 0.3 is 13.1 Å². The zero-order valence-electron chi connectivity index (χ0n) is 15.4. The molecule has 3 rings (SSSR count). The van der Waals surface area contributed by atoms with Crippen LogP contribution in [0.3, 0.4) is 0 Å². The van der Waals surface area contributed by atoms with Crippen LogP contribution in [0.2, 0.25) is 6.32 Å². The van der Waals surface area contributed by atoms with E-state index in [1.54, 1.807) is 19.1 Å². The van der Waals surface area contributed by atoms with Crippen molar-refractivity contribution in [3.8, 4) is 11.5 Å². The Balaban J connectivity index is 1.65. The number of ether oxygens (including phenoxy) is 1. The van der Waals surface area contributed by atoms with Crippen molar-refractivity contribution in [3.63, 3.8) is 0 Å². The van der Waals surface area contributed by atoms with Gasteiger partial charge in [0.15, 0.2) is 0 Å². The first-order chi connectivity index (χ1) is 13.0. The van der Waals surface area contributed by atoms with Crippen LogP contribution in [-0.4, -0.2) is 54.4 Å². The zero-order chi connectivity index (χ0) is 19.4. The number of nitrogens with one attached hydrogen (secondary N) is 2. The van der Waals surface area contributed by atoms with Crippen LogP contribution in [0.5, 0.6) is 11.5 Å². The number of hydrogen-bond acceptors (Lipinski definition) is 6. The van der Waals surface area contributed by atoms with Gasteiger partial charge in [-0.15, -0.1) is 0 Å². The number of hydrogen-bond donors (Lipinski definition) is 4. The van der Waals surface area contributed by atoms with Crippen molar-refractivity contribution in [1.82, 2.24) is 10.6 Å². The van der Waals surface area contributed by atoms with Crippen LogP contribution >= 0.6 is 0 Å². The fourth-order valence-corrected chi connectivity index (χ4v) is 3.42. The van der Waals surface area contributed by atoms with Gasteiger partial charge in [-0.1, -0.05) is 12.5 Å². The minimum atomic E-state index is -1.18. The molecule has 1 fully saturated rings. The third-order valence-electron chi connectivity index (χ3n) is 4.85. The van der Waals surface area contributed by atoms with Gasteiger partial charge < -0.3 is 30.2 Å². The molecule has 1 aromatic carbocycles. The summed E-state index contributed by atoms with van der Waals surface area (Å²) in [4.78, 5) is 23.9. The second kappa shape index (κ2) is 8.62. The lowest BCUT2D eigenvalue weighted by atomic mass is 9.78. The smallest absolute Gasteiger partial charge is 0.522 e. The molecule has 4 N–H and O–H groups in total. The van der Waals surface area contributed by atoms with Gasteiger partial charge in [0.05, 0.1) is 12.6 Å². The van der Waals surface area contributed by atoms with Crippen molar-refractivity contribution >= 4 is 19.0 Å². The summed E-state index contributed by atoms with van der Waals surface area (Å²) in [6.07, 6.45) is 3.45. The number of carbonyl (C=O) groups is 2. The highest BCUT2D eigenvalue weighted by Gasteiger charge is 2.30. The molecule has 2 atom stereocenters. The van der Waals surface area contributed by atoms with Gasteiger partial charge in [-0.25, -0.2) is 4.79 Å². The molecule has 0 radical (unpaired) electrons. The van der Waals surface area contributed by atoms with Crippen LogP contribution in [0.1, 0.15) is 42.1 Å². The molecule has 0 bridgehead atoms. The Hall–Kier alpha value is -2.26. The fourth-order valence-electron chi connectivity index (χ4n) is 3.42. The van der Waals surface area contributed by atoms with Crippen molar-refractivity contribution in [2.24, 2.45) is 0 Å². The lowest BCUT2D eigenvalue weighted by Crippen LogP contribution is -2.48. The van der Waals surface area contributed by atoms with Crippen molar-refractivity contribution in [2.45, 2.75) is 51.1 Å². The predicted octanol–water partition coefficient (Wildman–Crippen LogP) is 0.826. The molecular formula is C18H25BN2O6. The minimum Gasteiger partial charge on any atom is -0.535 e. The Morgan fingerprint density at radius 3 is 2.96 bits per heavy atom. The molecule has 27 heavy (non-hydrogen) atoms. The van der Waals surface area contributed by atoms with Gasteiger partial charge in [0.1, 0.15) is 23.2 Å². The highest BCUT2D eigenvalue weighted by molar-refractivity contribution is 6.44.